The lowest BCUT2D eigenvalue weighted by Crippen LogP contribution is -1.95. The molecule has 0 aliphatic carbocycles. The van der Waals surface area contributed by atoms with Crippen molar-refractivity contribution in [2.75, 3.05) is 0 Å². The predicted octanol–water partition coefficient (Wildman–Crippen LogP) is 3.32. The molecule has 1 rings (SSSR count). The fourth-order valence-corrected chi connectivity index (χ4v) is 1.31. The Morgan fingerprint density at radius 3 is 2.62 bits per heavy atom. The highest BCUT2D eigenvalue weighted by Gasteiger charge is 2.02. The summed E-state index contributed by atoms with van der Waals surface area (Å²) in [5, 5.41) is 0. The van der Waals surface area contributed by atoms with Crippen LogP contribution in [0.2, 0.25) is 0 Å². The summed E-state index contributed by atoms with van der Waals surface area (Å²) in [6.07, 6.45) is 3.23. The van der Waals surface area contributed by atoms with Gasteiger partial charge in [-0.25, -0.2) is 6.57 Å². The molecule has 0 fully saturated rings. The van der Waals surface area contributed by atoms with Crippen molar-refractivity contribution in [3.63, 3.8) is 0 Å². The molecule has 0 heterocycles. The van der Waals surface area contributed by atoms with Crippen molar-refractivity contribution in [1.82, 2.24) is 0 Å². The van der Waals surface area contributed by atoms with Gasteiger partial charge in [0.1, 0.15) is 0 Å². The maximum Gasteiger partial charge on any atom is 0.221 e. The maximum atomic E-state index is 6.82. The molecular formula is C12H15N. The van der Waals surface area contributed by atoms with Gasteiger partial charge in [-0.05, 0) is 18.4 Å². The Balaban J connectivity index is 2.25. The Morgan fingerprint density at radius 1 is 1.31 bits per heavy atom. The van der Waals surface area contributed by atoms with Crippen molar-refractivity contribution in [2.45, 2.75) is 32.2 Å². The molecule has 0 saturated carbocycles. The minimum atomic E-state index is 0.184. The Hall–Kier alpha value is -1.29. The van der Waals surface area contributed by atoms with E-state index in [0.717, 1.165) is 19.3 Å². The summed E-state index contributed by atoms with van der Waals surface area (Å²) in [6.45, 7) is 8.80. The molecule has 0 saturated heterocycles. The third kappa shape index (κ3) is 3.75. The van der Waals surface area contributed by atoms with E-state index in [1.807, 2.05) is 13.0 Å². The van der Waals surface area contributed by atoms with Gasteiger partial charge in [0.15, 0.2) is 0 Å². The first-order valence-corrected chi connectivity index (χ1v) is 4.73. The molecule has 0 aliphatic heterocycles. The molecule has 1 heteroatoms. The van der Waals surface area contributed by atoms with E-state index in [2.05, 4.69) is 29.1 Å². The Bertz CT molecular complexity index is 271. The van der Waals surface area contributed by atoms with Gasteiger partial charge in [-0.15, -0.1) is 0 Å². The van der Waals surface area contributed by atoms with Gasteiger partial charge in [-0.3, -0.25) is 0 Å². The van der Waals surface area contributed by atoms with Crippen LogP contribution < -0.4 is 0 Å². The molecule has 1 aromatic carbocycles. The minimum Gasteiger partial charge on any atom is -0.314 e. The smallest absolute Gasteiger partial charge is 0.221 e. The normalized spacial score (nSPS) is 12.0. The van der Waals surface area contributed by atoms with E-state index in [0.29, 0.717) is 0 Å². The second kappa shape index (κ2) is 5.37. The average Bonchev–Trinajstić information content (AvgIpc) is 2.19. The van der Waals surface area contributed by atoms with Crippen LogP contribution in [-0.4, -0.2) is 6.04 Å². The number of aryl methyl sites for hydroxylation is 1. The summed E-state index contributed by atoms with van der Waals surface area (Å²) in [4.78, 5) is 3.47. The van der Waals surface area contributed by atoms with Gasteiger partial charge in [0.2, 0.25) is 6.04 Å². The van der Waals surface area contributed by atoms with Gasteiger partial charge in [-0.1, -0.05) is 30.3 Å². The van der Waals surface area contributed by atoms with E-state index in [4.69, 9.17) is 6.57 Å². The third-order valence-electron chi connectivity index (χ3n) is 2.15. The lowest BCUT2D eigenvalue weighted by atomic mass is 10.1. The standard InChI is InChI=1S/C12H15N/c1-11(13-2)7-6-10-12-8-4-3-5-9-12/h3-5,8-9,11H,6-7,10H2,1H3. The molecule has 0 amide bonds. The van der Waals surface area contributed by atoms with Crippen LogP contribution in [0.1, 0.15) is 25.3 Å². The van der Waals surface area contributed by atoms with Crippen molar-refractivity contribution in [3.05, 3.63) is 47.3 Å². The third-order valence-corrected chi connectivity index (χ3v) is 2.15. The zero-order valence-corrected chi connectivity index (χ0v) is 8.03. The lowest BCUT2D eigenvalue weighted by Gasteiger charge is -2.00. The zero-order valence-electron chi connectivity index (χ0n) is 8.03. The fraction of sp³-hybridized carbons (Fsp3) is 0.417. The van der Waals surface area contributed by atoms with Crippen molar-refractivity contribution >= 4 is 0 Å². The first-order chi connectivity index (χ1) is 6.33. The maximum absolute atomic E-state index is 6.82. The van der Waals surface area contributed by atoms with Crippen LogP contribution in [-0.2, 0) is 6.42 Å². The molecule has 0 N–H and O–H groups in total. The molecule has 0 bridgehead atoms. The van der Waals surface area contributed by atoms with Gasteiger partial charge in [-0.2, -0.15) is 0 Å². The monoisotopic (exact) mass is 173 g/mol. The number of benzene rings is 1. The largest absolute Gasteiger partial charge is 0.314 e. The van der Waals surface area contributed by atoms with Crippen molar-refractivity contribution < 1.29 is 0 Å². The molecule has 1 unspecified atom stereocenters. The Labute approximate surface area is 80.2 Å². The lowest BCUT2D eigenvalue weighted by molar-refractivity contribution is 0.683. The van der Waals surface area contributed by atoms with E-state index >= 15 is 0 Å². The molecule has 0 radical (unpaired) electrons. The van der Waals surface area contributed by atoms with Gasteiger partial charge in [0, 0.05) is 13.3 Å². The summed E-state index contributed by atoms with van der Waals surface area (Å²) in [7, 11) is 0. The van der Waals surface area contributed by atoms with E-state index in [1.54, 1.807) is 0 Å². The highest BCUT2D eigenvalue weighted by atomic mass is 14.7. The second-order valence-electron chi connectivity index (χ2n) is 3.36. The van der Waals surface area contributed by atoms with Crippen molar-refractivity contribution in [1.29, 1.82) is 0 Å². The quantitative estimate of drug-likeness (QED) is 0.615. The summed E-state index contributed by atoms with van der Waals surface area (Å²) in [6, 6.07) is 10.6. The highest BCUT2D eigenvalue weighted by Crippen LogP contribution is 2.07. The molecule has 0 aliphatic rings. The summed E-state index contributed by atoms with van der Waals surface area (Å²) < 4.78 is 0. The van der Waals surface area contributed by atoms with E-state index in [-0.39, 0.29) is 6.04 Å². The van der Waals surface area contributed by atoms with Gasteiger partial charge in [0.25, 0.3) is 0 Å². The predicted molar refractivity (Wildman–Crippen MR) is 55.4 cm³/mol. The molecule has 1 nitrogen and oxygen atoms in total. The average molecular weight is 173 g/mol. The Morgan fingerprint density at radius 2 is 2.00 bits per heavy atom. The number of hydrogen-bond donors (Lipinski definition) is 0. The van der Waals surface area contributed by atoms with Gasteiger partial charge in [0.05, 0.1) is 0 Å². The molecular weight excluding hydrogens is 158 g/mol. The van der Waals surface area contributed by atoms with Crippen LogP contribution >= 0.6 is 0 Å². The summed E-state index contributed by atoms with van der Waals surface area (Å²) in [5.74, 6) is 0. The first-order valence-electron chi connectivity index (χ1n) is 4.73. The number of hydrogen-bond acceptors (Lipinski definition) is 0. The second-order valence-corrected chi connectivity index (χ2v) is 3.36. The summed E-state index contributed by atoms with van der Waals surface area (Å²) in [5.41, 5.74) is 1.37. The van der Waals surface area contributed by atoms with Crippen LogP contribution in [0.4, 0.5) is 0 Å². The number of rotatable bonds is 4. The zero-order chi connectivity index (χ0) is 9.52. The van der Waals surface area contributed by atoms with Crippen LogP contribution in [0.15, 0.2) is 30.3 Å². The van der Waals surface area contributed by atoms with Crippen LogP contribution in [0, 0.1) is 6.57 Å². The van der Waals surface area contributed by atoms with Crippen molar-refractivity contribution in [3.8, 4) is 0 Å². The van der Waals surface area contributed by atoms with Crippen LogP contribution in [0.5, 0.6) is 0 Å². The van der Waals surface area contributed by atoms with E-state index in [9.17, 15) is 0 Å². The van der Waals surface area contributed by atoms with Crippen LogP contribution in [0.25, 0.3) is 4.85 Å². The molecule has 13 heavy (non-hydrogen) atoms. The van der Waals surface area contributed by atoms with E-state index in [1.165, 1.54) is 5.56 Å². The van der Waals surface area contributed by atoms with Crippen molar-refractivity contribution in [2.24, 2.45) is 0 Å². The van der Waals surface area contributed by atoms with Crippen LogP contribution in [0.3, 0.4) is 0 Å². The molecule has 0 spiro atoms. The first kappa shape index (κ1) is 9.80. The number of nitrogens with zero attached hydrogens (tertiary/aromatic N) is 1. The fourth-order valence-electron chi connectivity index (χ4n) is 1.31. The molecule has 1 aromatic rings. The highest BCUT2D eigenvalue weighted by molar-refractivity contribution is 5.14. The Kier molecular flexibility index (Phi) is 4.05. The minimum absolute atomic E-state index is 0.184. The summed E-state index contributed by atoms with van der Waals surface area (Å²) >= 11 is 0. The molecule has 68 valence electrons. The van der Waals surface area contributed by atoms with Gasteiger partial charge < -0.3 is 4.85 Å². The SMILES string of the molecule is [C-]#[N+]C(C)CCCc1ccccc1. The van der Waals surface area contributed by atoms with Gasteiger partial charge >= 0.3 is 0 Å². The molecule has 1 atom stereocenters. The molecule has 0 aromatic heterocycles. The van der Waals surface area contributed by atoms with E-state index < -0.39 is 0 Å². The topological polar surface area (TPSA) is 4.36 Å².